The molecule has 8 heteroatoms. The fourth-order valence-corrected chi connectivity index (χ4v) is 3.43. The normalized spacial score (nSPS) is 10.9. The molecule has 0 spiro atoms. The summed E-state index contributed by atoms with van der Waals surface area (Å²) >= 11 is 17.3. The molecule has 28 heavy (non-hydrogen) atoms. The summed E-state index contributed by atoms with van der Waals surface area (Å²) in [5.74, 6) is 0.785. The van der Waals surface area contributed by atoms with Crippen molar-refractivity contribution in [3.8, 4) is 5.75 Å². The number of nitrogens with one attached hydrogen (secondary N) is 2. The van der Waals surface area contributed by atoms with Gasteiger partial charge in [0.2, 0.25) is 4.77 Å². The van der Waals surface area contributed by atoms with Crippen molar-refractivity contribution in [1.29, 1.82) is 0 Å². The first-order valence-corrected chi connectivity index (χ1v) is 9.71. The van der Waals surface area contributed by atoms with Gasteiger partial charge in [-0.2, -0.15) is 5.10 Å². The van der Waals surface area contributed by atoms with Crippen molar-refractivity contribution < 1.29 is 4.74 Å². The highest BCUT2D eigenvalue weighted by Crippen LogP contribution is 2.30. The Kier molecular flexibility index (Phi) is 5.52. The second kappa shape index (κ2) is 8.22. The monoisotopic (exact) mass is 430 g/mol. The molecule has 0 saturated heterocycles. The van der Waals surface area contributed by atoms with Crippen molar-refractivity contribution in [2.24, 2.45) is 0 Å². The van der Waals surface area contributed by atoms with Crippen LogP contribution in [0.3, 0.4) is 0 Å². The van der Waals surface area contributed by atoms with E-state index < -0.39 is 0 Å². The smallest absolute Gasteiger partial charge is 0.214 e. The highest BCUT2D eigenvalue weighted by molar-refractivity contribution is 7.71. The topological polar surface area (TPSA) is 54.9 Å². The molecular formula is C20H16Cl2N4OS. The van der Waals surface area contributed by atoms with E-state index in [4.69, 9.17) is 40.2 Å². The summed E-state index contributed by atoms with van der Waals surface area (Å²) < 4.78 is 8.29. The lowest BCUT2D eigenvalue weighted by Gasteiger charge is -2.16. The number of aromatic nitrogens is 3. The predicted molar refractivity (Wildman–Crippen MR) is 115 cm³/mol. The minimum atomic E-state index is 0.382. The lowest BCUT2D eigenvalue weighted by molar-refractivity contribution is 0.303. The van der Waals surface area contributed by atoms with Crippen LogP contribution in [0.15, 0.2) is 60.9 Å². The maximum Gasteiger partial charge on any atom is 0.214 e. The highest BCUT2D eigenvalue weighted by atomic mass is 35.5. The first-order valence-electron chi connectivity index (χ1n) is 8.55. The summed E-state index contributed by atoms with van der Waals surface area (Å²) in [6, 6.07) is 17.7. The Hall–Kier alpha value is -2.54. The molecule has 0 amide bonds. The van der Waals surface area contributed by atoms with Crippen molar-refractivity contribution in [3.63, 3.8) is 0 Å². The van der Waals surface area contributed by atoms with Crippen LogP contribution in [-0.2, 0) is 13.2 Å². The number of H-pyrrole nitrogens is 1. The molecule has 1 heterocycles. The van der Waals surface area contributed by atoms with Crippen LogP contribution in [0.1, 0.15) is 11.1 Å². The zero-order valence-electron chi connectivity index (χ0n) is 14.7. The third-order valence-electron chi connectivity index (χ3n) is 4.35. The average Bonchev–Trinajstić information content (AvgIpc) is 3.12. The number of ether oxygens (including phenoxy) is 1. The van der Waals surface area contributed by atoms with Gasteiger partial charge in [0.25, 0.3) is 0 Å². The van der Waals surface area contributed by atoms with E-state index in [1.54, 1.807) is 17.1 Å². The molecule has 0 unspecified atom stereocenters. The van der Waals surface area contributed by atoms with Crippen LogP contribution < -0.4 is 10.2 Å². The van der Waals surface area contributed by atoms with Gasteiger partial charge in [0.05, 0.1) is 16.6 Å². The van der Waals surface area contributed by atoms with Gasteiger partial charge in [-0.25, -0.2) is 4.68 Å². The number of benzene rings is 3. The summed E-state index contributed by atoms with van der Waals surface area (Å²) in [5.41, 5.74) is 5.23. The van der Waals surface area contributed by atoms with Crippen LogP contribution in [0.2, 0.25) is 10.0 Å². The van der Waals surface area contributed by atoms with E-state index in [2.05, 4.69) is 27.8 Å². The molecule has 5 nitrogen and oxygen atoms in total. The van der Waals surface area contributed by atoms with Gasteiger partial charge in [-0.1, -0.05) is 59.6 Å². The quantitative estimate of drug-likeness (QED) is 0.383. The Balaban J connectivity index is 1.63. The largest absolute Gasteiger partial charge is 0.489 e. The van der Waals surface area contributed by atoms with Gasteiger partial charge in [0, 0.05) is 5.56 Å². The van der Waals surface area contributed by atoms with Crippen LogP contribution in [-0.4, -0.2) is 14.9 Å². The molecule has 0 aliphatic carbocycles. The fourth-order valence-electron chi connectivity index (χ4n) is 2.95. The van der Waals surface area contributed by atoms with Crippen LogP contribution in [0.5, 0.6) is 5.75 Å². The molecule has 0 bridgehead atoms. The third-order valence-corrected chi connectivity index (χ3v) is 5.38. The molecule has 0 fully saturated rings. The third kappa shape index (κ3) is 3.99. The molecule has 0 radical (unpaired) electrons. The zero-order chi connectivity index (χ0) is 19.5. The summed E-state index contributed by atoms with van der Waals surface area (Å²) in [7, 11) is 0. The maximum absolute atomic E-state index is 6.13. The maximum atomic E-state index is 6.13. The predicted octanol–water partition coefficient (Wildman–Crippen LogP) is 5.72. The van der Waals surface area contributed by atoms with Crippen LogP contribution in [0.4, 0.5) is 0 Å². The summed E-state index contributed by atoms with van der Waals surface area (Å²) in [5, 5.41) is 9.93. The molecule has 0 saturated carbocycles. The van der Waals surface area contributed by atoms with Crippen LogP contribution >= 0.6 is 35.4 Å². The van der Waals surface area contributed by atoms with Gasteiger partial charge >= 0.3 is 0 Å². The van der Waals surface area contributed by atoms with Gasteiger partial charge in [-0.3, -0.25) is 5.10 Å². The Morgan fingerprint density at radius 2 is 1.93 bits per heavy atom. The Labute approximate surface area is 176 Å². The van der Waals surface area contributed by atoms with E-state index in [0.717, 1.165) is 27.6 Å². The molecule has 0 aliphatic rings. The molecule has 4 rings (SSSR count). The number of aromatic amines is 1. The second-order valence-electron chi connectivity index (χ2n) is 6.17. The Morgan fingerprint density at radius 3 is 2.71 bits per heavy atom. The number of hydrogen-bond acceptors (Lipinski definition) is 4. The molecule has 0 aliphatic heterocycles. The molecular weight excluding hydrogens is 415 g/mol. The van der Waals surface area contributed by atoms with E-state index in [1.165, 1.54) is 0 Å². The number of hydrogen-bond donors (Lipinski definition) is 2. The van der Waals surface area contributed by atoms with Crippen molar-refractivity contribution in [3.05, 3.63) is 86.9 Å². The molecule has 3 aromatic carbocycles. The molecule has 2 N–H and O–H groups in total. The van der Waals surface area contributed by atoms with E-state index in [0.29, 0.717) is 28.0 Å². The van der Waals surface area contributed by atoms with Gasteiger partial charge in [0.1, 0.15) is 18.7 Å². The molecule has 1 aromatic heterocycles. The van der Waals surface area contributed by atoms with Crippen molar-refractivity contribution >= 4 is 46.2 Å². The SMILES string of the molecule is S=c1[nH]ncn1NCc1c(OCc2ccc(Cl)c(Cl)c2)ccc2ccccc12. The van der Waals surface area contributed by atoms with Crippen molar-refractivity contribution in [2.45, 2.75) is 13.2 Å². The fraction of sp³-hybridized carbons (Fsp3) is 0.100. The van der Waals surface area contributed by atoms with Gasteiger partial charge in [-0.05, 0) is 46.8 Å². The summed E-state index contributed by atoms with van der Waals surface area (Å²) in [6.07, 6.45) is 1.60. The lowest BCUT2D eigenvalue weighted by Crippen LogP contribution is -2.14. The number of nitrogens with zero attached hydrogens (tertiary/aromatic N) is 2. The van der Waals surface area contributed by atoms with Crippen molar-refractivity contribution in [2.75, 3.05) is 5.43 Å². The van der Waals surface area contributed by atoms with E-state index in [9.17, 15) is 0 Å². The van der Waals surface area contributed by atoms with Gasteiger partial charge in [0.15, 0.2) is 0 Å². The number of fused-ring (bicyclic) bond motifs is 1. The highest BCUT2D eigenvalue weighted by Gasteiger charge is 2.10. The number of halogens is 2. The number of rotatable bonds is 6. The average molecular weight is 431 g/mol. The lowest BCUT2D eigenvalue weighted by atomic mass is 10.0. The first-order chi connectivity index (χ1) is 13.6. The Bertz CT molecular complexity index is 1190. The minimum absolute atomic E-state index is 0.382. The van der Waals surface area contributed by atoms with E-state index in [1.807, 2.05) is 36.4 Å². The van der Waals surface area contributed by atoms with Crippen LogP contribution in [0, 0.1) is 4.77 Å². The van der Waals surface area contributed by atoms with Crippen molar-refractivity contribution in [1.82, 2.24) is 14.9 Å². The van der Waals surface area contributed by atoms with E-state index >= 15 is 0 Å². The van der Waals surface area contributed by atoms with Gasteiger partial charge < -0.3 is 10.2 Å². The second-order valence-corrected chi connectivity index (χ2v) is 7.37. The standard InChI is InChI=1S/C20H16Cl2N4OS/c21-17-7-5-13(9-18(17)22)11-27-19-8-6-14-3-1-2-4-15(14)16(19)10-24-26-12-23-25-20(26)28/h1-9,12,24H,10-11H2,(H,25,28). The summed E-state index contributed by atoms with van der Waals surface area (Å²) in [4.78, 5) is 0. The Morgan fingerprint density at radius 1 is 1.07 bits per heavy atom. The first kappa shape index (κ1) is 18.8. The molecule has 142 valence electrons. The molecule has 0 atom stereocenters. The summed E-state index contributed by atoms with van der Waals surface area (Å²) in [6.45, 7) is 0.902. The van der Waals surface area contributed by atoms with E-state index in [-0.39, 0.29) is 0 Å². The zero-order valence-corrected chi connectivity index (χ0v) is 17.0. The van der Waals surface area contributed by atoms with Gasteiger partial charge in [-0.15, -0.1) is 0 Å². The van der Waals surface area contributed by atoms with Crippen LogP contribution in [0.25, 0.3) is 10.8 Å². The minimum Gasteiger partial charge on any atom is -0.489 e. The molecule has 4 aromatic rings.